The van der Waals surface area contributed by atoms with Crippen LogP contribution in [-0.4, -0.2) is 45.0 Å². The molecule has 0 aliphatic heterocycles. The van der Waals surface area contributed by atoms with Crippen molar-refractivity contribution in [3.63, 3.8) is 0 Å². The summed E-state index contributed by atoms with van der Waals surface area (Å²) >= 11 is 0. The highest BCUT2D eigenvalue weighted by Gasteiger charge is 2.37. The van der Waals surface area contributed by atoms with Crippen molar-refractivity contribution in [1.29, 1.82) is 0 Å². The summed E-state index contributed by atoms with van der Waals surface area (Å²) in [5.41, 5.74) is -2.02. The van der Waals surface area contributed by atoms with E-state index in [1.807, 2.05) is 13.8 Å². The maximum Gasteiger partial charge on any atom is 0.305 e. The zero-order chi connectivity index (χ0) is 23.6. The summed E-state index contributed by atoms with van der Waals surface area (Å²) in [6, 6.07) is 2.88. The van der Waals surface area contributed by atoms with Crippen molar-refractivity contribution in [2.75, 3.05) is 13.2 Å². The van der Waals surface area contributed by atoms with Crippen molar-refractivity contribution >= 4 is 11.9 Å². The van der Waals surface area contributed by atoms with E-state index >= 15 is 0 Å². The minimum Gasteiger partial charge on any atom is -0.465 e. The molecule has 0 spiro atoms. The highest BCUT2D eigenvalue weighted by atomic mass is 19.1. The number of ether oxygens (including phenoxy) is 2. The quantitative estimate of drug-likeness (QED) is 0.465. The summed E-state index contributed by atoms with van der Waals surface area (Å²) in [4.78, 5) is 27.5. The Morgan fingerprint density at radius 3 is 2.25 bits per heavy atom. The van der Waals surface area contributed by atoms with Gasteiger partial charge in [-0.15, -0.1) is 0 Å². The molecule has 0 radical (unpaired) electrons. The van der Waals surface area contributed by atoms with Gasteiger partial charge in [-0.05, 0) is 25.3 Å². The zero-order valence-electron chi connectivity index (χ0n) is 18.3. The maximum atomic E-state index is 14.6. The van der Waals surface area contributed by atoms with Gasteiger partial charge >= 0.3 is 11.9 Å². The fourth-order valence-electron chi connectivity index (χ4n) is 3.33. The van der Waals surface area contributed by atoms with Gasteiger partial charge in [-0.3, -0.25) is 9.59 Å². The van der Waals surface area contributed by atoms with E-state index in [-0.39, 0.29) is 44.6 Å². The first kappa shape index (κ1) is 25.4. The van der Waals surface area contributed by atoms with Crippen LogP contribution in [0.25, 0.3) is 0 Å². The Balaban J connectivity index is 2.29. The van der Waals surface area contributed by atoms with E-state index in [0.717, 1.165) is 12.1 Å². The lowest BCUT2D eigenvalue weighted by Gasteiger charge is -2.32. The Bertz CT molecular complexity index is 856. The standard InChI is InChI=1S/C22H29F2N3O5/c1-3-5-20(28)31-11-16(12-32-21(29)6-4-2)10-22(30,13-27-15-25-14-26-27)18-8-7-17(23)9-19(18)24/h7-9,14-16,30H,3-6,10-13H2,1-2H3/t22-/m0/s1. The Morgan fingerprint density at radius 1 is 1.12 bits per heavy atom. The van der Waals surface area contributed by atoms with Crippen molar-refractivity contribution in [2.24, 2.45) is 5.92 Å². The SMILES string of the molecule is CCCC(=O)OCC(COC(=O)CCC)C[C@](O)(Cn1cncn1)c1ccc(F)cc1F. The topological polar surface area (TPSA) is 104 Å². The predicted molar refractivity (Wildman–Crippen MR) is 110 cm³/mol. The number of hydrogen-bond acceptors (Lipinski definition) is 7. The van der Waals surface area contributed by atoms with Gasteiger partial charge in [0, 0.05) is 30.4 Å². The normalized spacial score (nSPS) is 13.1. The van der Waals surface area contributed by atoms with Gasteiger partial charge < -0.3 is 14.6 Å². The lowest BCUT2D eigenvalue weighted by molar-refractivity contribution is -0.151. The van der Waals surface area contributed by atoms with Crippen molar-refractivity contribution in [2.45, 2.75) is 58.1 Å². The second-order valence-corrected chi connectivity index (χ2v) is 7.68. The average molecular weight is 453 g/mol. The van der Waals surface area contributed by atoms with Crippen molar-refractivity contribution in [3.05, 3.63) is 48.1 Å². The van der Waals surface area contributed by atoms with Crippen LogP contribution in [0.3, 0.4) is 0 Å². The molecule has 0 saturated heterocycles. The van der Waals surface area contributed by atoms with Crippen molar-refractivity contribution < 1.29 is 33.0 Å². The minimum absolute atomic E-state index is 0.138. The maximum absolute atomic E-state index is 14.6. The molecule has 0 aliphatic rings. The fraction of sp³-hybridized carbons (Fsp3) is 0.545. The molecule has 10 heteroatoms. The molecule has 1 atom stereocenters. The third kappa shape index (κ3) is 7.67. The highest BCUT2D eigenvalue weighted by Crippen LogP contribution is 2.33. The van der Waals surface area contributed by atoms with E-state index in [4.69, 9.17) is 9.47 Å². The number of aliphatic hydroxyl groups is 1. The summed E-state index contributed by atoms with van der Waals surface area (Å²) in [5, 5.41) is 15.5. The van der Waals surface area contributed by atoms with Gasteiger partial charge in [0.2, 0.25) is 0 Å². The number of esters is 2. The van der Waals surface area contributed by atoms with Crippen LogP contribution in [0.2, 0.25) is 0 Å². The number of aromatic nitrogens is 3. The average Bonchev–Trinajstić information content (AvgIpc) is 3.23. The van der Waals surface area contributed by atoms with E-state index in [1.54, 1.807) is 0 Å². The number of carbonyl (C=O) groups excluding carboxylic acids is 2. The van der Waals surface area contributed by atoms with Gasteiger partial charge in [0.05, 0.1) is 19.8 Å². The third-order valence-corrected chi connectivity index (χ3v) is 4.82. The molecular formula is C22H29F2N3O5. The van der Waals surface area contributed by atoms with E-state index in [9.17, 15) is 23.5 Å². The third-order valence-electron chi connectivity index (χ3n) is 4.82. The first-order valence-corrected chi connectivity index (χ1v) is 10.6. The Hall–Kier alpha value is -2.88. The number of halogens is 2. The van der Waals surface area contributed by atoms with Gasteiger partial charge in [0.25, 0.3) is 0 Å². The smallest absolute Gasteiger partial charge is 0.305 e. The number of rotatable bonds is 13. The van der Waals surface area contributed by atoms with Crippen LogP contribution in [-0.2, 0) is 31.2 Å². The Labute approximate surface area is 185 Å². The monoisotopic (exact) mass is 453 g/mol. The molecular weight excluding hydrogens is 424 g/mol. The van der Waals surface area contributed by atoms with Crippen LogP contribution in [0.5, 0.6) is 0 Å². The minimum atomic E-state index is -1.87. The molecule has 176 valence electrons. The number of nitrogens with zero attached hydrogens (tertiary/aromatic N) is 3. The highest BCUT2D eigenvalue weighted by molar-refractivity contribution is 5.69. The van der Waals surface area contributed by atoms with Crippen LogP contribution in [0.1, 0.15) is 51.5 Å². The van der Waals surface area contributed by atoms with Crippen molar-refractivity contribution in [1.82, 2.24) is 14.8 Å². The number of benzene rings is 1. The largest absolute Gasteiger partial charge is 0.465 e. The summed E-state index contributed by atoms with van der Waals surface area (Å²) in [6.07, 6.45) is 4.12. The molecule has 1 heterocycles. The van der Waals surface area contributed by atoms with E-state index in [0.29, 0.717) is 18.9 Å². The van der Waals surface area contributed by atoms with Crippen LogP contribution < -0.4 is 0 Å². The van der Waals surface area contributed by atoms with E-state index in [1.165, 1.54) is 17.3 Å². The van der Waals surface area contributed by atoms with Crippen LogP contribution in [0.4, 0.5) is 8.78 Å². The second-order valence-electron chi connectivity index (χ2n) is 7.68. The number of hydrogen-bond donors (Lipinski definition) is 1. The summed E-state index contributed by atoms with van der Waals surface area (Å²) in [7, 11) is 0. The van der Waals surface area contributed by atoms with Gasteiger partial charge in [-0.2, -0.15) is 5.10 Å². The number of carbonyl (C=O) groups is 2. The molecule has 1 aromatic heterocycles. The zero-order valence-corrected chi connectivity index (χ0v) is 18.3. The molecule has 0 fully saturated rings. The van der Waals surface area contributed by atoms with E-state index < -0.39 is 35.1 Å². The molecule has 0 bridgehead atoms. The summed E-state index contributed by atoms with van der Waals surface area (Å²) < 4.78 is 40.0. The van der Waals surface area contributed by atoms with E-state index in [2.05, 4.69) is 10.1 Å². The second kappa shape index (κ2) is 12.2. The molecule has 2 aromatic rings. The molecule has 0 amide bonds. The van der Waals surface area contributed by atoms with Crippen LogP contribution >= 0.6 is 0 Å². The molecule has 0 unspecified atom stereocenters. The molecule has 0 aliphatic carbocycles. The van der Waals surface area contributed by atoms with Gasteiger partial charge in [-0.25, -0.2) is 18.4 Å². The predicted octanol–water partition coefficient (Wildman–Crippen LogP) is 3.14. The molecule has 2 rings (SSSR count). The summed E-state index contributed by atoms with van der Waals surface area (Å²) in [5.74, 6) is -3.21. The first-order chi connectivity index (χ1) is 15.3. The van der Waals surface area contributed by atoms with Gasteiger partial charge in [0.15, 0.2) is 0 Å². The molecule has 8 nitrogen and oxygen atoms in total. The first-order valence-electron chi connectivity index (χ1n) is 10.6. The molecule has 0 saturated carbocycles. The molecule has 32 heavy (non-hydrogen) atoms. The van der Waals surface area contributed by atoms with Crippen LogP contribution in [0, 0.1) is 17.6 Å². The molecule has 1 aromatic carbocycles. The Morgan fingerprint density at radius 2 is 1.75 bits per heavy atom. The summed E-state index contributed by atoms with van der Waals surface area (Å²) in [6.45, 7) is 3.19. The van der Waals surface area contributed by atoms with Gasteiger partial charge in [-0.1, -0.05) is 19.9 Å². The lowest BCUT2D eigenvalue weighted by atomic mass is 9.84. The molecule has 1 N–H and O–H groups in total. The lowest BCUT2D eigenvalue weighted by Crippen LogP contribution is -2.38. The Kier molecular flexibility index (Phi) is 9.70. The fourth-order valence-corrected chi connectivity index (χ4v) is 3.33. The van der Waals surface area contributed by atoms with Crippen LogP contribution in [0.15, 0.2) is 30.9 Å². The van der Waals surface area contributed by atoms with Gasteiger partial charge in [0.1, 0.15) is 29.9 Å². The van der Waals surface area contributed by atoms with Crippen molar-refractivity contribution in [3.8, 4) is 0 Å².